The van der Waals surface area contributed by atoms with Gasteiger partial charge in [-0.2, -0.15) is 0 Å². The van der Waals surface area contributed by atoms with Crippen LogP contribution in [0.3, 0.4) is 0 Å². The molecule has 200 valence electrons. The van der Waals surface area contributed by atoms with Crippen LogP contribution in [0.4, 0.5) is 0 Å². The summed E-state index contributed by atoms with van der Waals surface area (Å²) in [4.78, 5) is 22.2. The van der Waals surface area contributed by atoms with Crippen LogP contribution in [0.25, 0.3) is 0 Å². The highest BCUT2D eigenvalue weighted by molar-refractivity contribution is 5.76. The van der Waals surface area contributed by atoms with Gasteiger partial charge in [0.15, 0.2) is 11.5 Å². The number of aromatic nitrogens is 1. The van der Waals surface area contributed by atoms with Gasteiger partial charge in [-0.05, 0) is 69.7 Å². The lowest BCUT2D eigenvalue weighted by molar-refractivity contribution is -0.136. The fourth-order valence-corrected chi connectivity index (χ4v) is 5.73. The smallest absolute Gasteiger partial charge is 0.225 e. The van der Waals surface area contributed by atoms with Crippen molar-refractivity contribution >= 4 is 5.91 Å². The molecular weight excluding hydrogens is 466 g/mol. The van der Waals surface area contributed by atoms with Crippen molar-refractivity contribution in [3.63, 3.8) is 0 Å². The van der Waals surface area contributed by atoms with Crippen LogP contribution in [0.1, 0.15) is 69.8 Å². The molecule has 2 aromatic rings. The molecule has 0 radical (unpaired) electrons. The number of rotatable bonds is 3. The Morgan fingerprint density at radius 2 is 1.68 bits per heavy atom. The van der Waals surface area contributed by atoms with Gasteiger partial charge in [-0.15, -0.1) is 0 Å². The summed E-state index contributed by atoms with van der Waals surface area (Å²) >= 11 is 0. The molecule has 7 heteroatoms. The molecule has 1 aromatic carbocycles. The number of carbonyl (C=O) groups is 1. The van der Waals surface area contributed by atoms with E-state index in [1.54, 1.807) is 6.20 Å². The van der Waals surface area contributed by atoms with E-state index in [4.69, 9.17) is 14.2 Å². The highest BCUT2D eigenvalue weighted by Gasteiger charge is 2.29. The summed E-state index contributed by atoms with van der Waals surface area (Å²) in [6, 6.07) is 12.4. The van der Waals surface area contributed by atoms with Crippen LogP contribution in [0.2, 0.25) is 0 Å². The van der Waals surface area contributed by atoms with Crippen molar-refractivity contribution in [1.82, 2.24) is 14.8 Å². The van der Waals surface area contributed by atoms with E-state index < -0.39 is 0 Å². The quantitative estimate of drug-likeness (QED) is 0.541. The highest BCUT2D eigenvalue weighted by Crippen LogP contribution is 2.33. The number of hydrogen-bond acceptors (Lipinski definition) is 6. The monoisotopic (exact) mass is 507 g/mol. The third-order valence-corrected chi connectivity index (χ3v) is 7.89. The third-order valence-electron chi connectivity index (χ3n) is 7.89. The Morgan fingerprint density at radius 3 is 2.51 bits per heavy atom. The standard InChI is InChI=1S/C30H41N3O4/c34-29(22-26-11-5-8-20-35-26)32-18-14-25(15-19-32)33-17-6-1-2-7-21-36-27-12-3-4-13-28(27)37-30-24(23-33)10-9-16-31-30/h3-4,9-10,12-13,16,25-26H,1-2,5-8,11,14-15,17-23H2. The lowest BCUT2D eigenvalue weighted by Crippen LogP contribution is -2.47. The van der Waals surface area contributed by atoms with Crippen molar-refractivity contribution in [3.8, 4) is 17.4 Å². The molecule has 0 N–H and O–H groups in total. The minimum Gasteiger partial charge on any atom is -0.490 e. The zero-order valence-corrected chi connectivity index (χ0v) is 22.0. The Bertz CT molecular complexity index is 1000. The van der Waals surface area contributed by atoms with Crippen LogP contribution >= 0.6 is 0 Å². The zero-order chi connectivity index (χ0) is 25.3. The Morgan fingerprint density at radius 1 is 0.865 bits per heavy atom. The number of ether oxygens (including phenoxy) is 3. The topological polar surface area (TPSA) is 64.1 Å². The second-order valence-electron chi connectivity index (χ2n) is 10.6. The molecule has 2 saturated heterocycles. The van der Waals surface area contributed by atoms with E-state index >= 15 is 0 Å². The minimum absolute atomic E-state index is 0.113. The maximum Gasteiger partial charge on any atom is 0.225 e. The molecule has 4 heterocycles. The molecule has 5 rings (SSSR count). The van der Waals surface area contributed by atoms with Crippen LogP contribution in [-0.4, -0.2) is 65.7 Å². The van der Waals surface area contributed by atoms with Gasteiger partial charge in [-0.1, -0.05) is 31.0 Å². The van der Waals surface area contributed by atoms with Crippen molar-refractivity contribution in [2.24, 2.45) is 0 Å². The molecule has 0 aliphatic carbocycles. The molecule has 0 saturated carbocycles. The molecule has 3 aliphatic rings. The van der Waals surface area contributed by atoms with E-state index in [-0.39, 0.29) is 12.0 Å². The van der Waals surface area contributed by atoms with E-state index in [2.05, 4.69) is 20.9 Å². The molecule has 2 fully saturated rings. The first-order valence-corrected chi connectivity index (χ1v) is 14.2. The number of benzene rings is 1. The van der Waals surface area contributed by atoms with Gasteiger partial charge in [0, 0.05) is 44.0 Å². The number of amides is 1. The Balaban J connectivity index is 1.26. The first kappa shape index (κ1) is 26.0. The van der Waals surface area contributed by atoms with Crippen LogP contribution in [0.5, 0.6) is 17.4 Å². The van der Waals surface area contributed by atoms with Crippen molar-refractivity contribution in [1.29, 1.82) is 0 Å². The largest absolute Gasteiger partial charge is 0.490 e. The van der Waals surface area contributed by atoms with Gasteiger partial charge in [0.2, 0.25) is 11.8 Å². The molecule has 3 aliphatic heterocycles. The molecule has 1 amide bonds. The molecule has 37 heavy (non-hydrogen) atoms. The summed E-state index contributed by atoms with van der Waals surface area (Å²) < 4.78 is 18.2. The molecular formula is C30H41N3O4. The number of fused-ring (bicyclic) bond motifs is 2. The van der Waals surface area contributed by atoms with Gasteiger partial charge in [0.1, 0.15) is 0 Å². The number of pyridine rings is 1. The average molecular weight is 508 g/mol. The summed E-state index contributed by atoms with van der Waals surface area (Å²) in [6.07, 6.45) is 12.3. The molecule has 0 spiro atoms. The van der Waals surface area contributed by atoms with Gasteiger partial charge in [-0.3, -0.25) is 9.69 Å². The number of nitrogens with zero attached hydrogens (tertiary/aromatic N) is 3. The second kappa shape index (κ2) is 13.2. The number of likely N-dealkylation sites (tertiary alicyclic amines) is 1. The highest BCUT2D eigenvalue weighted by atomic mass is 16.5. The number of hydrogen-bond donors (Lipinski definition) is 0. The number of para-hydroxylation sites is 2. The van der Waals surface area contributed by atoms with Crippen LogP contribution in [0.15, 0.2) is 42.6 Å². The summed E-state index contributed by atoms with van der Waals surface area (Å²) in [5.41, 5.74) is 1.09. The minimum atomic E-state index is 0.113. The van der Waals surface area contributed by atoms with E-state index in [1.807, 2.05) is 30.3 Å². The zero-order valence-electron chi connectivity index (χ0n) is 22.0. The summed E-state index contributed by atoms with van der Waals surface area (Å²) in [5, 5.41) is 0. The molecule has 1 aromatic heterocycles. The first-order valence-electron chi connectivity index (χ1n) is 14.2. The average Bonchev–Trinajstić information content (AvgIpc) is 2.94. The molecule has 0 bridgehead atoms. The second-order valence-corrected chi connectivity index (χ2v) is 10.6. The van der Waals surface area contributed by atoms with Crippen molar-refractivity contribution in [3.05, 3.63) is 48.2 Å². The molecule has 7 nitrogen and oxygen atoms in total. The van der Waals surface area contributed by atoms with Crippen molar-refractivity contribution < 1.29 is 19.0 Å². The molecule has 1 unspecified atom stereocenters. The lowest BCUT2D eigenvalue weighted by atomic mass is 10.00. The van der Waals surface area contributed by atoms with Gasteiger partial charge in [0.25, 0.3) is 0 Å². The van der Waals surface area contributed by atoms with Gasteiger partial charge < -0.3 is 19.1 Å². The van der Waals surface area contributed by atoms with Gasteiger partial charge in [-0.25, -0.2) is 4.98 Å². The Hall–Kier alpha value is -2.64. The van der Waals surface area contributed by atoms with E-state index in [1.165, 1.54) is 12.8 Å². The van der Waals surface area contributed by atoms with Crippen molar-refractivity contribution in [2.45, 2.75) is 82.9 Å². The van der Waals surface area contributed by atoms with E-state index in [0.717, 1.165) is 89.0 Å². The predicted molar refractivity (Wildman–Crippen MR) is 143 cm³/mol. The van der Waals surface area contributed by atoms with Crippen LogP contribution in [0, 0.1) is 0 Å². The summed E-state index contributed by atoms with van der Waals surface area (Å²) in [6.45, 7) is 4.98. The maximum atomic E-state index is 12.9. The van der Waals surface area contributed by atoms with Crippen molar-refractivity contribution in [2.75, 3.05) is 32.8 Å². The Kier molecular flexibility index (Phi) is 9.30. The number of carbonyl (C=O) groups excluding carboxylic acids is 1. The Labute approximate surface area is 221 Å². The van der Waals surface area contributed by atoms with Gasteiger partial charge >= 0.3 is 0 Å². The SMILES string of the molecule is O=C(CC1CCCCO1)N1CCC(N2CCCCCCOc3ccccc3Oc3ncccc3C2)CC1. The number of piperidine rings is 1. The van der Waals surface area contributed by atoms with Gasteiger partial charge in [0.05, 0.1) is 19.1 Å². The maximum absolute atomic E-state index is 12.9. The normalized spacial score (nSPS) is 22.6. The van der Waals surface area contributed by atoms with Crippen LogP contribution in [-0.2, 0) is 16.1 Å². The summed E-state index contributed by atoms with van der Waals surface area (Å²) in [5.74, 6) is 2.37. The molecule has 1 atom stereocenters. The van der Waals surface area contributed by atoms with E-state index in [0.29, 0.717) is 30.7 Å². The summed E-state index contributed by atoms with van der Waals surface area (Å²) in [7, 11) is 0. The van der Waals surface area contributed by atoms with E-state index in [9.17, 15) is 4.79 Å². The fourth-order valence-electron chi connectivity index (χ4n) is 5.73. The lowest BCUT2D eigenvalue weighted by Gasteiger charge is -2.39. The first-order chi connectivity index (χ1) is 18.3. The van der Waals surface area contributed by atoms with Crippen LogP contribution < -0.4 is 9.47 Å². The fraction of sp³-hybridized carbons (Fsp3) is 0.600. The predicted octanol–water partition coefficient (Wildman–Crippen LogP) is 5.58. The third kappa shape index (κ3) is 7.23.